The predicted octanol–water partition coefficient (Wildman–Crippen LogP) is 2.59. The number of hydrogen-bond acceptors (Lipinski definition) is 3. The molecule has 2 aromatic carbocycles. The molecule has 1 saturated heterocycles. The van der Waals surface area contributed by atoms with E-state index in [2.05, 4.69) is 59.0 Å². The van der Waals surface area contributed by atoms with Crippen LogP contribution < -0.4 is 5.43 Å². The zero-order valence-electron chi connectivity index (χ0n) is 11.4. The van der Waals surface area contributed by atoms with Crippen molar-refractivity contribution in [2.45, 2.75) is 6.04 Å². The molecule has 1 heterocycles. The van der Waals surface area contributed by atoms with Gasteiger partial charge >= 0.3 is 0 Å². The molecule has 0 amide bonds. The van der Waals surface area contributed by atoms with Crippen LogP contribution in [0.15, 0.2) is 48.5 Å². The van der Waals surface area contributed by atoms with Gasteiger partial charge in [0, 0.05) is 13.1 Å². The molecule has 102 valence electrons. The summed E-state index contributed by atoms with van der Waals surface area (Å²) in [6.07, 6.45) is 0. The number of fused-ring (bicyclic) bond motifs is 3. The molecular formula is C17H18N2O. The Hall–Kier alpha value is -1.68. The molecule has 3 heteroatoms. The number of benzene rings is 2. The van der Waals surface area contributed by atoms with Gasteiger partial charge in [-0.2, -0.15) is 0 Å². The van der Waals surface area contributed by atoms with Crippen LogP contribution in [0.1, 0.15) is 17.2 Å². The van der Waals surface area contributed by atoms with E-state index in [1.165, 1.54) is 22.3 Å². The van der Waals surface area contributed by atoms with E-state index < -0.39 is 0 Å². The highest BCUT2D eigenvalue weighted by Gasteiger charge is 2.29. The quantitative estimate of drug-likeness (QED) is 0.904. The lowest BCUT2D eigenvalue weighted by Crippen LogP contribution is -2.47. The fraction of sp³-hybridized carbons (Fsp3) is 0.294. The molecular weight excluding hydrogens is 248 g/mol. The van der Waals surface area contributed by atoms with E-state index in [1.54, 1.807) is 0 Å². The Morgan fingerprint density at radius 3 is 2.00 bits per heavy atom. The van der Waals surface area contributed by atoms with Crippen molar-refractivity contribution in [3.05, 3.63) is 59.7 Å². The van der Waals surface area contributed by atoms with Gasteiger partial charge in [-0.15, -0.1) is 0 Å². The number of morpholine rings is 1. The third-order valence-electron chi connectivity index (χ3n) is 4.16. The van der Waals surface area contributed by atoms with Crippen LogP contribution >= 0.6 is 0 Å². The van der Waals surface area contributed by atoms with Crippen molar-refractivity contribution < 1.29 is 4.74 Å². The summed E-state index contributed by atoms with van der Waals surface area (Å²) in [6, 6.07) is 17.6. The Labute approximate surface area is 119 Å². The Bertz CT molecular complexity index is 574. The summed E-state index contributed by atoms with van der Waals surface area (Å²) < 4.78 is 5.42. The largest absolute Gasteiger partial charge is 0.379 e. The minimum absolute atomic E-state index is 0.264. The Morgan fingerprint density at radius 1 is 0.850 bits per heavy atom. The number of nitrogens with zero attached hydrogens (tertiary/aromatic N) is 1. The molecule has 2 aromatic rings. The Kier molecular flexibility index (Phi) is 3.03. The molecule has 1 fully saturated rings. The van der Waals surface area contributed by atoms with E-state index in [9.17, 15) is 0 Å². The molecule has 0 atom stereocenters. The van der Waals surface area contributed by atoms with E-state index in [1.807, 2.05) is 0 Å². The van der Waals surface area contributed by atoms with Gasteiger partial charge in [-0.25, -0.2) is 10.4 Å². The van der Waals surface area contributed by atoms with Crippen molar-refractivity contribution in [2.75, 3.05) is 26.3 Å². The van der Waals surface area contributed by atoms with Gasteiger partial charge in [0.2, 0.25) is 0 Å². The van der Waals surface area contributed by atoms with Crippen LogP contribution in [0.2, 0.25) is 0 Å². The first-order chi connectivity index (χ1) is 9.93. The molecule has 3 nitrogen and oxygen atoms in total. The van der Waals surface area contributed by atoms with Gasteiger partial charge in [-0.05, 0) is 22.3 Å². The number of hydrazine groups is 1. The first kappa shape index (κ1) is 12.1. The summed E-state index contributed by atoms with van der Waals surface area (Å²) in [4.78, 5) is 0. The molecule has 0 radical (unpaired) electrons. The third kappa shape index (κ3) is 1.95. The number of nitrogens with one attached hydrogen (secondary N) is 1. The zero-order chi connectivity index (χ0) is 13.4. The zero-order valence-corrected chi connectivity index (χ0v) is 11.4. The van der Waals surface area contributed by atoms with Crippen molar-refractivity contribution in [3.8, 4) is 11.1 Å². The van der Waals surface area contributed by atoms with E-state index in [0.717, 1.165) is 26.3 Å². The van der Waals surface area contributed by atoms with Crippen molar-refractivity contribution in [3.63, 3.8) is 0 Å². The summed E-state index contributed by atoms with van der Waals surface area (Å²) in [5.74, 6) is 0. The van der Waals surface area contributed by atoms with Gasteiger partial charge in [0.05, 0.1) is 19.3 Å². The third-order valence-corrected chi connectivity index (χ3v) is 4.16. The summed E-state index contributed by atoms with van der Waals surface area (Å²) in [7, 11) is 0. The molecule has 0 saturated carbocycles. The lowest BCUT2D eigenvalue weighted by molar-refractivity contribution is 0.00677. The SMILES string of the molecule is c1ccc2c(c1)-c1ccccc1C2NN1CCOCC1. The fourth-order valence-corrected chi connectivity index (χ4v) is 3.17. The molecule has 0 bridgehead atoms. The minimum Gasteiger partial charge on any atom is -0.379 e. The highest BCUT2D eigenvalue weighted by atomic mass is 16.5. The number of rotatable bonds is 2. The normalized spacial score (nSPS) is 18.8. The maximum Gasteiger partial charge on any atom is 0.0726 e. The minimum atomic E-state index is 0.264. The Morgan fingerprint density at radius 2 is 1.40 bits per heavy atom. The summed E-state index contributed by atoms with van der Waals surface area (Å²) in [5, 5.41) is 2.28. The molecule has 1 aliphatic heterocycles. The van der Waals surface area contributed by atoms with Crippen LogP contribution in [0.25, 0.3) is 11.1 Å². The lowest BCUT2D eigenvalue weighted by Gasteiger charge is -2.31. The van der Waals surface area contributed by atoms with Gasteiger partial charge in [-0.1, -0.05) is 48.5 Å². The van der Waals surface area contributed by atoms with Crippen LogP contribution in [0, 0.1) is 0 Å². The fourth-order valence-electron chi connectivity index (χ4n) is 3.17. The van der Waals surface area contributed by atoms with Crippen LogP contribution in [-0.2, 0) is 4.74 Å². The molecule has 1 aliphatic carbocycles. The van der Waals surface area contributed by atoms with Gasteiger partial charge in [0.15, 0.2) is 0 Å². The maximum atomic E-state index is 5.42. The molecule has 0 spiro atoms. The highest BCUT2D eigenvalue weighted by Crippen LogP contribution is 2.43. The monoisotopic (exact) mass is 266 g/mol. The van der Waals surface area contributed by atoms with Crippen molar-refractivity contribution >= 4 is 0 Å². The second kappa shape index (κ2) is 5.02. The summed E-state index contributed by atoms with van der Waals surface area (Å²) >= 11 is 0. The highest BCUT2D eigenvalue weighted by molar-refractivity contribution is 5.78. The van der Waals surface area contributed by atoms with Crippen molar-refractivity contribution in [1.29, 1.82) is 0 Å². The van der Waals surface area contributed by atoms with Crippen LogP contribution in [-0.4, -0.2) is 31.3 Å². The van der Waals surface area contributed by atoms with Crippen LogP contribution in [0.3, 0.4) is 0 Å². The summed E-state index contributed by atoms with van der Waals surface area (Å²) in [6.45, 7) is 3.51. The smallest absolute Gasteiger partial charge is 0.0726 e. The molecule has 0 unspecified atom stereocenters. The first-order valence-corrected chi connectivity index (χ1v) is 7.20. The topological polar surface area (TPSA) is 24.5 Å². The average Bonchev–Trinajstić information content (AvgIpc) is 2.84. The molecule has 4 rings (SSSR count). The van der Waals surface area contributed by atoms with Crippen LogP contribution in [0.4, 0.5) is 0 Å². The van der Waals surface area contributed by atoms with E-state index in [0.29, 0.717) is 0 Å². The second-order valence-corrected chi connectivity index (χ2v) is 5.34. The lowest BCUT2D eigenvalue weighted by atomic mass is 10.1. The second-order valence-electron chi connectivity index (χ2n) is 5.34. The van der Waals surface area contributed by atoms with Crippen LogP contribution in [0.5, 0.6) is 0 Å². The van der Waals surface area contributed by atoms with Gasteiger partial charge in [-0.3, -0.25) is 0 Å². The van der Waals surface area contributed by atoms with E-state index in [4.69, 9.17) is 4.74 Å². The first-order valence-electron chi connectivity index (χ1n) is 7.20. The summed E-state index contributed by atoms with van der Waals surface area (Å²) in [5.41, 5.74) is 9.14. The Balaban J connectivity index is 1.71. The number of hydrogen-bond donors (Lipinski definition) is 1. The van der Waals surface area contributed by atoms with E-state index >= 15 is 0 Å². The molecule has 1 N–H and O–H groups in total. The number of ether oxygens (including phenoxy) is 1. The van der Waals surface area contributed by atoms with Crippen molar-refractivity contribution in [2.24, 2.45) is 0 Å². The van der Waals surface area contributed by atoms with Crippen molar-refractivity contribution in [1.82, 2.24) is 10.4 Å². The van der Waals surface area contributed by atoms with Gasteiger partial charge < -0.3 is 4.74 Å². The average molecular weight is 266 g/mol. The van der Waals surface area contributed by atoms with E-state index in [-0.39, 0.29) is 6.04 Å². The van der Waals surface area contributed by atoms with Gasteiger partial charge in [0.1, 0.15) is 0 Å². The maximum absolute atomic E-state index is 5.42. The van der Waals surface area contributed by atoms with Gasteiger partial charge in [0.25, 0.3) is 0 Å². The molecule has 2 aliphatic rings. The predicted molar refractivity (Wildman–Crippen MR) is 79.2 cm³/mol. The standard InChI is InChI=1S/C17H18N2O/c1-3-7-15-13(5-1)14-6-2-4-8-16(14)17(15)18-19-9-11-20-12-10-19/h1-8,17-18H,9-12H2. The molecule has 0 aromatic heterocycles. The molecule has 20 heavy (non-hydrogen) atoms.